The van der Waals surface area contributed by atoms with Crippen LogP contribution in [0.15, 0.2) is 35.0 Å². The zero-order valence-corrected chi connectivity index (χ0v) is 10.6. The largest absolute Gasteiger partial charge is 0.423 e. The monoisotopic (exact) mass is 273 g/mol. The molecule has 3 rings (SSSR count). The first-order chi connectivity index (χ1) is 9.63. The van der Waals surface area contributed by atoms with Crippen LogP contribution in [-0.2, 0) is 13.6 Å². The van der Waals surface area contributed by atoms with E-state index in [1.807, 2.05) is 13.2 Å². The summed E-state index contributed by atoms with van der Waals surface area (Å²) in [6.45, 7) is 0.481. The number of nitro benzene ring substituents is 1. The lowest BCUT2D eigenvalue weighted by atomic mass is 10.3. The van der Waals surface area contributed by atoms with Crippen LogP contribution in [0.3, 0.4) is 0 Å². The zero-order valence-electron chi connectivity index (χ0n) is 10.6. The molecule has 0 atom stereocenters. The summed E-state index contributed by atoms with van der Waals surface area (Å²) in [6, 6.07) is 4.86. The average molecular weight is 273 g/mol. The number of hydrogen-bond acceptors (Lipinski definition) is 6. The third-order valence-electron chi connectivity index (χ3n) is 2.80. The fraction of sp³-hybridized carbons (Fsp3) is 0.167. The summed E-state index contributed by atoms with van der Waals surface area (Å²) >= 11 is 0. The Hall–Kier alpha value is -2.90. The van der Waals surface area contributed by atoms with Gasteiger partial charge in [0, 0.05) is 31.4 Å². The molecule has 0 saturated carbocycles. The van der Waals surface area contributed by atoms with Crippen LogP contribution in [0.4, 0.5) is 11.7 Å². The second kappa shape index (κ2) is 4.65. The Labute approximate surface area is 113 Å². The van der Waals surface area contributed by atoms with Crippen molar-refractivity contribution in [3.8, 4) is 0 Å². The normalized spacial score (nSPS) is 10.8. The van der Waals surface area contributed by atoms with E-state index in [2.05, 4.69) is 15.4 Å². The number of anilines is 1. The van der Waals surface area contributed by atoms with E-state index in [-0.39, 0.29) is 17.2 Å². The fourth-order valence-corrected chi connectivity index (χ4v) is 1.90. The molecule has 0 spiro atoms. The maximum atomic E-state index is 10.9. The number of aromatic nitrogens is 3. The molecular weight excluding hydrogens is 262 g/mol. The van der Waals surface area contributed by atoms with Crippen molar-refractivity contribution in [3.63, 3.8) is 0 Å². The fourth-order valence-electron chi connectivity index (χ4n) is 1.90. The maximum Gasteiger partial charge on any atom is 0.298 e. The number of oxazole rings is 1. The summed E-state index contributed by atoms with van der Waals surface area (Å²) in [5.41, 5.74) is 1.52. The van der Waals surface area contributed by atoms with Crippen LogP contribution >= 0.6 is 0 Å². The van der Waals surface area contributed by atoms with Gasteiger partial charge in [0.2, 0.25) is 0 Å². The van der Waals surface area contributed by atoms with E-state index in [4.69, 9.17) is 4.42 Å². The Morgan fingerprint density at radius 2 is 2.35 bits per heavy atom. The van der Waals surface area contributed by atoms with Crippen molar-refractivity contribution < 1.29 is 9.34 Å². The van der Waals surface area contributed by atoms with Gasteiger partial charge < -0.3 is 9.73 Å². The van der Waals surface area contributed by atoms with Gasteiger partial charge in [-0.2, -0.15) is 10.1 Å². The summed E-state index contributed by atoms with van der Waals surface area (Å²) < 4.78 is 7.12. The Morgan fingerprint density at radius 1 is 1.50 bits per heavy atom. The average Bonchev–Trinajstić information content (AvgIpc) is 3.01. The minimum absolute atomic E-state index is 0.0688. The van der Waals surface area contributed by atoms with E-state index < -0.39 is 4.92 Å². The molecule has 0 fully saturated rings. The van der Waals surface area contributed by atoms with Gasteiger partial charge in [-0.05, 0) is 6.07 Å². The quantitative estimate of drug-likeness (QED) is 0.577. The molecule has 102 valence electrons. The number of hydrogen-bond donors (Lipinski definition) is 1. The van der Waals surface area contributed by atoms with E-state index in [1.165, 1.54) is 6.07 Å². The molecule has 0 bridgehead atoms. The minimum atomic E-state index is -0.476. The summed E-state index contributed by atoms with van der Waals surface area (Å²) in [6.07, 6.45) is 3.58. The minimum Gasteiger partial charge on any atom is -0.423 e. The maximum absolute atomic E-state index is 10.9. The number of para-hydroxylation sites is 1. The predicted molar refractivity (Wildman–Crippen MR) is 71.2 cm³/mol. The first kappa shape index (κ1) is 12.2. The van der Waals surface area contributed by atoms with Crippen molar-refractivity contribution in [2.45, 2.75) is 6.54 Å². The van der Waals surface area contributed by atoms with Crippen LogP contribution in [0.2, 0.25) is 0 Å². The molecule has 3 aromatic rings. The number of non-ortho nitro benzene ring substituents is 1. The smallest absolute Gasteiger partial charge is 0.298 e. The van der Waals surface area contributed by atoms with Gasteiger partial charge >= 0.3 is 0 Å². The van der Waals surface area contributed by atoms with Gasteiger partial charge in [-0.15, -0.1) is 0 Å². The molecule has 0 saturated heterocycles. The Kier molecular flexibility index (Phi) is 2.82. The number of benzene rings is 1. The molecule has 0 unspecified atom stereocenters. The van der Waals surface area contributed by atoms with Gasteiger partial charge in [0.05, 0.1) is 11.1 Å². The molecule has 0 radical (unpaired) electrons. The molecule has 0 aliphatic heterocycles. The van der Waals surface area contributed by atoms with Gasteiger partial charge in [-0.25, -0.2) is 0 Å². The number of aryl methyl sites for hydroxylation is 1. The van der Waals surface area contributed by atoms with Gasteiger partial charge in [0.25, 0.3) is 11.7 Å². The third-order valence-corrected chi connectivity index (χ3v) is 2.80. The van der Waals surface area contributed by atoms with Gasteiger partial charge in [-0.3, -0.25) is 14.8 Å². The van der Waals surface area contributed by atoms with Crippen LogP contribution in [0.1, 0.15) is 5.56 Å². The molecule has 20 heavy (non-hydrogen) atoms. The molecule has 8 heteroatoms. The number of nitrogens with zero attached hydrogens (tertiary/aromatic N) is 4. The van der Waals surface area contributed by atoms with Crippen LogP contribution in [0.5, 0.6) is 0 Å². The van der Waals surface area contributed by atoms with Crippen molar-refractivity contribution in [2.24, 2.45) is 7.05 Å². The summed E-state index contributed by atoms with van der Waals surface area (Å²) in [4.78, 5) is 14.5. The molecule has 2 aromatic heterocycles. The van der Waals surface area contributed by atoms with Gasteiger partial charge in [0.1, 0.15) is 0 Å². The second-order valence-corrected chi connectivity index (χ2v) is 4.28. The van der Waals surface area contributed by atoms with E-state index in [0.717, 1.165) is 5.56 Å². The molecule has 1 aromatic carbocycles. The van der Waals surface area contributed by atoms with Crippen LogP contribution in [0.25, 0.3) is 11.1 Å². The Bertz CT molecular complexity index is 776. The highest BCUT2D eigenvalue weighted by molar-refractivity contribution is 5.83. The molecule has 0 aliphatic rings. The molecule has 1 N–H and O–H groups in total. The van der Waals surface area contributed by atoms with Gasteiger partial charge in [-0.1, -0.05) is 6.07 Å². The molecular formula is C12H11N5O3. The molecule has 0 amide bonds. The predicted octanol–water partition coefficient (Wildman–Crippen LogP) is 2.08. The Morgan fingerprint density at radius 3 is 3.05 bits per heavy atom. The zero-order chi connectivity index (χ0) is 14.1. The van der Waals surface area contributed by atoms with Crippen molar-refractivity contribution in [1.82, 2.24) is 14.8 Å². The highest BCUT2D eigenvalue weighted by Crippen LogP contribution is 2.27. The molecule has 8 nitrogen and oxygen atoms in total. The van der Waals surface area contributed by atoms with Crippen LogP contribution in [-0.4, -0.2) is 19.7 Å². The topological polar surface area (TPSA) is 99.0 Å². The summed E-state index contributed by atoms with van der Waals surface area (Å²) in [7, 11) is 1.83. The van der Waals surface area contributed by atoms with E-state index >= 15 is 0 Å². The van der Waals surface area contributed by atoms with Crippen LogP contribution in [0, 0.1) is 10.1 Å². The molecule has 0 aliphatic carbocycles. The standard InChI is InChI=1S/C12H11N5O3/c1-16-7-8(6-14-16)5-13-12-15-11-9(17(18)19)3-2-4-10(11)20-12/h2-4,6-7H,5H2,1H3,(H,13,15). The molecule has 2 heterocycles. The highest BCUT2D eigenvalue weighted by Gasteiger charge is 2.17. The number of fused-ring (bicyclic) bond motifs is 1. The second-order valence-electron chi connectivity index (χ2n) is 4.28. The lowest BCUT2D eigenvalue weighted by molar-refractivity contribution is -0.383. The van der Waals surface area contributed by atoms with E-state index in [1.54, 1.807) is 23.0 Å². The lowest BCUT2D eigenvalue weighted by Crippen LogP contribution is -1.98. The Balaban J connectivity index is 1.86. The highest BCUT2D eigenvalue weighted by atomic mass is 16.6. The first-order valence-corrected chi connectivity index (χ1v) is 5.89. The van der Waals surface area contributed by atoms with Crippen LogP contribution < -0.4 is 5.32 Å². The van der Waals surface area contributed by atoms with Crippen molar-refractivity contribution in [1.29, 1.82) is 0 Å². The number of nitrogens with one attached hydrogen (secondary N) is 1. The number of nitro groups is 1. The van der Waals surface area contributed by atoms with E-state index in [0.29, 0.717) is 12.1 Å². The van der Waals surface area contributed by atoms with Crippen molar-refractivity contribution in [2.75, 3.05) is 5.32 Å². The first-order valence-electron chi connectivity index (χ1n) is 5.89. The summed E-state index contributed by atoms with van der Waals surface area (Å²) in [5, 5.41) is 17.9. The van der Waals surface area contributed by atoms with Crippen molar-refractivity contribution >= 4 is 22.8 Å². The van der Waals surface area contributed by atoms with E-state index in [9.17, 15) is 10.1 Å². The lowest BCUT2D eigenvalue weighted by Gasteiger charge is -1.96. The SMILES string of the molecule is Cn1cc(CNc2nc3c([N+](=O)[O-])cccc3o2)cn1. The number of rotatable bonds is 4. The third kappa shape index (κ3) is 2.18. The van der Waals surface area contributed by atoms with Crippen molar-refractivity contribution in [3.05, 3.63) is 46.3 Å². The van der Waals surface area contributed by atoms with Gasteiger partial charge in [0.15, 0.2) is 11.1 Å². The summed E-state index contributed by atoms with van der Waals surface area (Å²) in [5.74, 6) is 0.